The van der Waals surface area contributed by atoms with Crippen LogP contribution in [-0.2, 0) is 12.6 Å². The number of aliphatic hydroxyl groups is 1. The highest BCUT2D eigenvalue weighted by Gasteiger charge is 2.30. The number of fused-ring (bicyclic) bond motifs is 1. The quantitative estimate of drug-likeness (QED) is 0.897. The van der Waals surface area contributed by atoms with Gasteiger partial charge in [-0.3, -0.25) is 0 Å². The highest BCUT2D eigenvalue weighted by molar-refractivity contribution is 5.81. The number of rotatable bonds is 2. The lowest BCUT2D eigenvalue weighted by Gasteiger charge is -2.09. The third-order valence-corrected chi connectivity index (χ3v) is 2.60. The van der Waals surface area contributed by atoms with Gasteiger partial charge in [0.25, 0.3) is 0 Å². The zero-order valence-electron chi connectivity index (χ0n) is 9.62. The van der Waals surface area contributed by atoms with Crippen molar-refractivity contribution >= 4 is 10.9 Å². The summed E-state index contributed by atoms with van der Waals surface area (Å²) < 4.78 is 37.7. The maximum absolute atomic E-state index is 12.6. The second kappa shape index (κ2) is 4.53. The van der Waals surface area contributed by atoms with Crippen LogP contribution in [-0.4, -0.2) is 21.7 Å². The average molecular weight is 256 g/mol. The van der Waals surface area contributed by atoms with Crippen LogP contribution in [0.3, 0.4) is 0 Å². The minimum Gasteiger partial charge on any atom is -0.396 e. The molecule has 2 rings (SSSR count). The van der Waals surface area contributed by atoms with Crippen molar-refractivity contribution < 1.29 is 18.3 Å². The van der Waals surface area contributed by atoms with E-state index in [0.717, 1.165) is 12.1 Å². The Labute approximate surface area is 101 Å². The average Bonchev–Trinajstić information content (AvgIpc) is 2.27. The Hall–Kier alpha value is -1.69. The van der Waals surface area contributed by atoms with Gasteiger partial charge in [-0.25, -0.2) is 9.97 Å². The first-order valence-corrected chi connectivity index (χ1v) is 5.37. The topological polar surface area (TPSA) is 46.0 Å². The summed E-state index contributed by atoms with van der Waals surface area (Å²) in [6.07, 6.45) is -4.16. The van der Waals surface area contributed by atoms with E-state index in [2.05, 4.69) is 9.97 Å². The van der Waals surface area contributed by atoms with E-state index in [9.17, 15) is 13.2 Å². The number of aliphatic hydroxyl groups excluding tert-OH is 1. The lowest BCUT2D eigenvalue weighted by Crippen LogP contribution is -2.06. The molecule has 0 amide bonds. The summed E-state index contributed by atoms with van der Waals surface area (Å²) in [6.45, 7) is 1.57. The van der Waals surface area contributed by atoms with Gasteiger partial charge in [-0.05, 0) is 19.1 Å². The molecule has 0 unspecified atom stereocenters. The summed E-state index contributed by atoms with van der Waals surface area (Å²) in [5, 5.41) is 9.39. The van der Waals surface area contributed by atoms with Gasteiger partial charge in [0.05, 0.1) is 17.7 Å². The zero-order valence-corrected chi connectivity index (χ0v) is 9.62. The standard InChI is InChI=1S/C12H11F3N2O/c1-7-9-3-2-8(12(13,14)15)6-10(9)17-11(16-7)4-5-18/h2-3,6,18H,4-5H2,1H3. The molecule has 0 saturated heterocycles. The van der Waals surface area contributed by atoms with E-state index in [1.807, 2.05) is 0 Å². The van der Waals surface area contributed by atoms with Crippen LogP contribution in [0.4, 0.5) is 13.2 Å². The van der Waals surface area contributed by atoms with Crippen LogP contribution in [0, 0.1) is 6.92 Å². The molecule has 1 aromatic heterocycles. The largest absolute Gasteiger partial charge is 0.416 e. The van der Waals surface area contributed by atoms with Crippen molar-refractivity contribution in [2.45, 2.75) is 19.5 Å². The Morgan fingerprint density at radius 2 is 1.94 bits per heavy atom. The fourth-order valence-electron chi connectivity index (χ4n) is 1.74. The van der Waals surface area contributed by atoms with Gasteiger partial charge in [-0.15, -0.1) is 0 Å². The number of aromatic nitrogens is 2. The molecule has 0 aliphatic rings. The first kappa shape index (κ1) is 12.8. The smallest absolute Gasteiger partial charge is 0.396 e. The lowest BCUT2D eigenvalue weighted by atomic mass is 10.1. The third kappa shape index (κ3) is 2.43. The second-order valence-electron chi connectivity index (χ2n) is 3.93. The van der Waals surface area contributed by atoms with E-state index in [0.29, 0.717) is 16.9 Å². The number of benzene rings is 1. The van der Waals surface area contributed by atoms with Gasteiger partial charge in [0.15, 0.2) is 0 Å². The molecule has 0 bridgehead atoms. The van der Waals surface area contributed by atoms with Gasteiger partial charge >= 0.3 is 6.18 Å². The van der Waals surface area contributed by atoms with Crippen LogP contribution in [0.15, 0.2) is 18.2 Å². The van der Waals surface area contributed by atoms with Crippen molar-refractivity contribution in [3.63, 3.8) is 0 Å². The van der Waals surface area contributed by atoms with Crippen LogP contribution >= 0.6 is 0 Å². The normalized spacial score (nSPS) is 12.1. The number of halogens is 3. The Bertz CT molecular complexity index is 581. The molecule has 0 saturated carbocycles. The molecule has 6 heteroatoms. The SMILES string of the molecule is Cc1nc(CCO)nc2cc(C(F)(F)F)ccc12. The first-order chi connectivity index (χ1) is 8.41. The Balaban J connectivity index is 2.60. The second-order valence-corrected chi connectivity index (χ2v) is 3.93. The number of alkyl halides is 3. The van der Waals surface area contributed by atoms with Crippen molar-refractivity contribution in [3.8, 4) is 0 Å². The third-order valence-electron chi connectivity index (χ3n) is 2.60. The minimum atomic E-state index is -4.38. The van der Waals surface area contributed by atoms with Gasteiger partial charge in [0, 0.05) is 17.5 Å². The molecule has 0 spiro atoms. The first-order valence-electron chi connectivity index (χ1n) is 5.37. The van der Waals surface area contributed by atoms with Crippen LogP contribution in [0.25, 0.3) is 10.9 Å². The molecule has 0 atom stereocenters. The van der Waals surface area contributed by atoms with Crippen LogP contribution in [0.5, 0.6) is 0 Å². The fourth-order valence-corrected chi connectivity index (χ4v) is 1.74. The molecule has 1 N–H and O–H groups in total. The van der Waals surface area contributed by atoms with Gasteiger partial charge in [0.2, 0.25) is 0 Å². The summed E-state index contributed by atoms with van der Waals surface area (Å²) in [6, 6.07) is 3.39. The zero-order chi connectivity index (χ0) is 13.3. The Morgan fingerprint density at radius 3 is 2.56 bits per heavy atom. The molecule has 0 aliphatic heterocycles. The van der Waals surface area contributed by atoms with Crippen LogP contribution in [0.2, 0.25) is 0 Å². The van der Waals surface area contributed by atoms with Crippen molar-refractivity contribution in [2.24, 2.45) is 0 Å². The highest BCUT2D eigenvalue weighted by atomic mass is 19.4. The highest BCUT2D eigenvalue weighted by Crippen LogP contribution is 2.31. The van der Waals surface area contributed by atoms with E-state index in [1.165, 1.54) is 6.07 Å². The molecule has 1 aromatic carbocycles. The van der Waals surface area contributed by atoms with Gasteiger partial charge in [-0.2, -0.15) is 13.2 Å². The number of hydrogen-bond acceptors (Lipinski definition) is 3. The van der Waals surface area contributed by atoms with Crippen molar-refractivity contribution in [2.75, 3.05) is 6.61 Å². The van der Waals surface area contributed by atoms with Gasteiger partial charge in [0.1, 0.15) is 5.82 Å². The van der Waals surface area contributed by atoms with Gasteiger partial charge in [-0.1, -0.05) is 6.07 Å². The van der Waals surface area contributed by atoms with E-state index in [4.69, 9.17) is 5.11 Å². The molecule has 96 valence electrons. The molecular formula is C12H11F3N2O. The van der Waals surface area contributed by atoms with Crippen molar-refractivity contribution in [3.05, 3.63) is 35.3 Å². The van der Waals surface area contributed by atoms with E-state index < -0.39 is 11.7 Å². The Kier molecular flexibility index (Phi) is 3.21. The summed E-state index contributed by atoms with van der Waals surface area (Å²) in [4.78, 5) is 8.16. The van der Waals surface area contributed by atoms with Crippen LogP contribution in [0.1, 0.15) is 17.1 Å². The number of hydrogen-bond donors (Lipinski definition) is 1. The Morgan fingerprint density at radius 1 is 1.22 bits per heavy atom. The van der Waals surface area contributed by atoms with E-state index in [-0.39, 0.29) is 18.5 Å². The van der Waals surface area contributed by atoms with Crippen molar-refractivity contribution in [1.82, 2.24) is 9.97 Å². The van der Waals surface area contributed by atoms with E-state index >= 15 is 0 Å². The molecule has 0 aliphatic carbocycles. The van der Waals surface area contributed by atoms with E-state index in [1.54, 1.807) is 6.92 Å². The molecule has 18 heavy (non-hydrogen) atoms. The maximum atomic E-state index is 12.6. The summed E-state index contributed by atoms with van der Waals surface area (Å²) >= 11 is 0. The molecule has 2 aromatic rings. The molecular weight excluding hydrogens is 245 g/mol. The summed E-state index contributed by atoms with van der Waals surface area (Å²) in [5.41, 5.74) is 0.126. The minimum absolute atomic E-state index is 0.135. The molecule has 0 radical (unpaired) electrons. The van der Waals surface area contributed by atoms with Crippen molar-refractivity contribution in [1.29, 1.82) is 0 Å². The lowest BCUT2D eigenvalue weighted by molar-refractivity contribution is -0.137. The number of aryl methyl sites for hydroxylation is 1. The molecule has 1 heterocycles. The fraction of sp³-hybridized carbons (Fsp3) is 0.333. The predicted molar refractivity (Wildman–Crippen MR) is 60.1 cm³/mol. The van der Waals surface area contributed by atoms with Crippen LogP contribution < -0.4 is 0 Å². The molecule has 3 nitrogen and oxygen atoms in total. The van der Waals surface area contributed by atoms with Gasteiger partial charge < -0.3 is 5.11 Å². The predicted octanol–water partition coefficient (Wildman–Crippen LogP) is 2.49. The molecule has 0 fully saturated rings. The maximum Gasteiger partial charge on any atom is 0.416 e. The summed E-state index contributed by atoms with van der Waals surface area (Å²) in [5.74, 6) is 0.349. The monoisotopic (exact) mass is 256 g/mol. The number of nitrogens with zero attached hydrogens (tertiary/aromatic N) is 2. The summed E-state index contributed by atoms with van der Waals surface area (Å²) in [7, 11) is 0.